The van der Waals surface area contributed by atoms with Crippen molar-refractivity contribution in [2.24, 2.45) is 0 Å². The number of fused-ring (bicyclic) bond motifs is 1. The first-order valence-corrected chi connectivity index (χ1v) is 10.5. The number of carbonyl (C=O) groups excluding carboxylic acids is 3. The van der Waals surface area contributed by atoms with Gasteiger partial charge in [0.15, 0.2) is 0 Å². The van der Waals surface area contributed by atoms with Crippen LogP contribution < -0.4 is 10.6 Å². The van der Waals surface area contributed by atoms with Crippen molar-refractivity contribution in [1.82, 2.24) is 15.5 Å². The molecular weight excluding hydrogens is 418 g/mol. The zero-order valence-electron chi connectivity index (χ0n) is 16.5. The van der Waals surface area contributed by atoms with E-state index in [1.54, 1.807) is 0 Å². The molecule has 0 bridgehead atoms. The van der Waals surface area contributed by atoms with Crippen molar-refractivity contribution in [3.63, 3.8) is 0 Å². The zero-order valence-corrected chi connectivity index (χ0v) is 17.3. The Hall–Kier alpha value is -2.76. The second-order valence-corrected chi connectivity index (χ2v) is 8.14. The number of hydrogen-bond donors (Lipinski definition) is 4. The molecule has 0 radical (unpaired) electrons. The Balaban J connectivity index is 1.78. The number of carboxylic acids is 2. The summed E-state index contributed by atoms with van der Waals surface area (Å²) in [5.74, 6) is -3.13. The van der Waals surface area contributed by atoms with E-state index in [0.29, 0.717) is 6.42 Å². The number of β-lactam (4-membered cyclic amide) rings is 1. The lowest BCUT2D eigenvalue weighted by molar-refractivity contribution is -0.146. The molecule has 0 aliphatic carbocycles. The summed E-state index contributed by atoms with van der Waals surface area (Å²) in [6, 6.07) is -1.18. The number of nitrogens with one attached hydrogen (secondary N) is 2. The second-order valence-electron chi connectivity index (χ2n) is 6.82. The molecule has 2 unspecified atom stereocenters. The first-order chi connectivity index (χ1) is 14.2. The number of alkyl carbamates (subject to hydrolysis) is 1. The molecule has 4 N–H and O–H groups in total. The van der Waals surface area contributed by atoms with Crippen molar-refractivity contribution in [3.05, 3.63) is 11.8 Å². The lowest BCUT2D eigenvalue weighted by atomic mass is 10.1. The van der Waals surface area contributed by atoms with Crippen LogP contribution in [0.2, 0.25) is 0 Å². The van der Waals surface area contributed by atoms with Gasteiger partial charge in [-0.15, -0.1) is 11.8 Å². The van der Waals surface area contributed by atoms with Crippen molar-refractivity contribution in [3.8, 4) is 0 Å². The molecular formula is C18H25N3O8S. The summed E-state index contributed by atoms with van der Waals surface area (Å²) in [5.41, 5.74) is -0.156. The van der Waals surface area contributed by atoms with Gasteiger partial charge in [-0.3, -0.25) is 14.5 Å². The first kappa shape index (κ1) is 23.5. The van der Waals surface area contributed by atoms with Gasteiger partial charge in [0.05, 0.1) is 23.8 Å². The summed E-state index contributed by atoms with van der Waals surface area (Å²) < 4.78 is 4.87. The second kappa shape index (κ2) is 10.9. The summed E-state index contributed by atoms with van der Waals surface area (Å²) >= 11 is 1.26. The smallest absolute Gasteiger partial charge is 0.407 e. The third kappa shape index (κ3) is 6.37. The monoisotopic (exact) mass is 443 g/mol. The zero-order chi connectivity index (χ0) is 22.3. The van der Waals surface area contributed by atoms with Gasteiger partial charge in [0, 0.05) is 6.42 Å². The average molecular weight is 443 g/mol. The fourth-order valence-electron chi connectivity index (χ4n) is 2.92. The molecule has 0 aromatic carbocycles. The van der Waals surface area contributed by atoms with Crippen LogP contribution in [-0.4, -0.2) is 68.4 Å². The third-order valence-electron chi connectivity index (χ3n) is 4.52. The van der Waals surface area contributed by atoms with Gasteiger partial charge in [-0.2, -0.15) is 0 Å². The number of unbranched alkanes of at least 4 members (excludes halogenated alkanes) is 1. The minimum Gasteiger partial charge on any atom is -0.480 e. The molecule has 1 fully saturated rings. The SMILES string of the molecule is CCCCOC(=O)NC(CCCC(=O)NC1C=C(C(=O)O)N2C(=O)C[C@H]2S1)C(=O)O. The van der Waals surface area contributed by atoms with Gasteiger partial charge in [0.2, 0.25) is 11.8 Å². The van der Waals surface area contributed by atoms with Crippen molar-refractivity contribution in [1.29, 1.82) is 0 Å². The summed E-state index contributed by atoms with van der Waals surface area (Å²) in [6.07, 6.45) is 2.44. The molecule has 0 saturated carbocycles. The number of rotatable bonds is 11. The third-order valence-corrected chi connectivity index (χ3v) is 5.76. The number of hydrogen-bond acceptors (Lipinski definition) is 7. The average Bonchev–Trinajstić information content (AvgIpc) is 2.66. The largest absolute Gasteiger partial charge is 0.480 e. The molecule has 2 aliphatic heterocycles. The highest BCUT2D eigenvalue weighted by atomic mass is 32.2. The van der Waals surface area contributed by atoms with Crippen LogP contribution in [0, 0.1) is 0 Å². The quantitative estimate of drug-likeness (QED) is 0.268. The molecule has 0 aromatic rings. The Morgan fingerprint density at radius 1 is 1.30 bits per heavy atom. The summed E-state index contributed by atoms with van der Waals surface area (Å²) in [7, 11) is 0. The molecule has 3 atom stereocenters. The van der Waals surface area contributed by atoms with E-state index in [2.05, 4.69) is 10.6 Å². The Morgan fingerprint density at radius 2 is 2.03 bits per heavy atom. The van der Waals surface area contributed by atoms with Gasteiger partial charge in [0.1, 0.15) is 11.7 Å². The maximum absolute atomic E-state index is 12.2. The predicted octanol–water partition coefficient (Wildman–Crippen LogP) is 0.852. The Bertz CT molecular complexity index is 741. The van der Waals surface area contributed by atoms with Gasteiger partial charge >= 0.3 is 18.0 Å². The fraction of sp³-hybridized carbons (Fsp3) is 0.611. The van der Waals surface area contributed by atoms with Crippen LogP contribution >= 0.6 is 11.8 Å². The van der Waals surface area contributed by atoms with Crippen LogP contribution in [-0.2, 0) is 23.9 Å². The highest BCUT2D eigenvalue weighted by Gasteiger charge is 2.45. The van der Waals surface area contributed by atoms with E-state index < -0.39 is 29.4 Å². The highest BCUT2D eigenvalue weighted by molar-refractivity contribution is 8.00. The van der Waals surface area contributed by atoms with E-state index >= 15 is 0 Å². The molecule has 0 aromatic heterocycles. The minimum atomic E-state index is -1.24. The number of carbonyl (C=O) groups is 5. The van der Waals surface area contributed by atoms with Crippen LogP contribution in [0.3, 0.4) is 0 Å². The lowest BCUT2D eigenvalue weighted by Crippen LogP contribution is -2.55. The lowest BCUT2D eigenvalue weighted by Gasteiger charge is -2.44. The Kier molecular flexibility index (Phi) is 8.51. The van der Waals surface area contributed by atoms with Crippen LogP contribution in [0.4, 0.5) is 4.79 Å². The Labute approximate surface area is 177 Å². The maximum Gasteiger partial charge on any atom is 0.407 e. The van der Waals surface area contributed by atoms with Gasteiger partial charge < -0.3 is 25.6 Å². The van der Waals surface area contributed by atoms with Gasteiger partial charge in [-0.25, -0.2) is 14.4 Å². The molecule has 2 aliphatic rings. The highest BCUT2D eigenvalue weighted by Crippen LogP contribution is 2.39. The van der Waals surface area contributed by atoms with Crippen molar-refractivity contribution < 1.29 is 38.9 Å². The number of ether oxygens (including phenoxy) is 1. The molecule has 1 saturated heterocycles. The molecule has 166 valence electrons. The molecule has 2 heterocycles. The molecule has 3 amide bonds. The van der Waals surface area contributed by atoms with Crippen LogP contribution in [0.1, 0.15) is 45.4 Å². The fourth-order valence-corrected chi connectivity index (χ4v) is 4.25. The molecule has 2 rings (SSSR count). The first-order valence-electron chi connectivity index (χ1n) is 9.61. The van der Waals surface area contributed by atoms with Gasteiger partial charge in [-0.05, 0) is 25.3 Å². The number of nitrogens with zero attached hydrogens (tertiary/aromatic N) is 1. The van der Waals surface area contributed by atoms with Crippen LogP contribution in [0.25, 0.3) is 0 Å². The van der Waals surface area contributed by atoms with Gasteiger partial charge in [0.25, 0.3) is 0 Å². The van der Waals surface area contributed by atoms with E-state index in [1.807, 2.05) is 6.92 Å². The summed E-state index contributed by atoms with van der Waals surface area (Å²) in [5, 5.41) is 22.5. The number of amides is 3. The van der Waals surface area contributed by atoms with Crippen LogP contribution in [0.15, 0.2) is 11.8 Å². The number of carboxylic acid groups (broad SMARTS) is 2. The molecule has 12 heteroatoms. The topological polar surface area (TPSA) is 162 Å². The standard InChI is InChI=1S/C18H25N3O8S/c1-2-3-7-29-18(28)19-10(16(24)25)5-4-6-12(22)20-13-8-11(17(26)27)21-14(23)9-15(21)30-13/h8,10,13,15H,2-7,9H2,1H3,(H,19,28)(H,20,22)(H,24,25)(H,26,27)/t10?,13?,15-/m1/s1. The van der Waals surface area contributed by atoms with Crippen molar-refractivity contribution in [2.75, 3.05) is 6.61 Å². The summed E-state index contributed by atoms with van der Waals surface area (Å²) in [4.78, 5) is 59.1. The molecule has 11 nitrogen and oxygen atoms in total. The van der Waals surface area contributed by atoms with E-state index in [1.165, 1.54) is 22.7 Å². The van der Waals surface area contributed by atoms with E-state index in [-0.39, 0.29) is 55.2 Å². The van der Waals surface area contributed by atoms with Crippen molar-refractivity contribution >= 4 is 41.6 Å². The molecule has 30 heavy (non-hydrogen) atoms. The van der Waals surface area contributed by atoms with E-state index in [9.17, 15) is 34.2 Å². The maximum atomic E-state index is 12.2. The van der Waals surface area contributed by atoms with Gasteiger partial charge in [-0.1, -0.05) is 13.3 Å². The normalized spacial score (nSPS) is 20.9. The van der Waals surface area contributed by atoms with E-state index in [0.717, 1.165) is 6.42 Å². The van der Waals surface area contributed by atoms with Crippen LogP contribution in [0.5, 0.6) is 0 Å². The van der Waals surface area contributed by atoms with Crippen molar-refractivity contribution in [2.45, 2.75) is 62.2 Å². The number of aliphatic carboxylic acids is 2. The Morgan fingerprint density at radius 3 is 2.63 bits per heavy atom. The van der Waals surface area contributed by atoms with E-state index in [4.69, 9.17) is 4.74 Å². The predicted molar refractivity (Wildman–Crippen MR) is 105 cm³/mol. The summed E-state index contributed by atoms with van der Waals surface area (Å²) in [6.45, 7) is 2.13. The number of thioether (sulfide) groups is 1. The molecule has 0 spiro atoms. The minimum absolute atomic E-state index is 0.00302.